The van der Waals surface area contributed by atoms with Gasteiger partial charge in [0.2, 0.25) is 10.0 Å². The van der Waals surface area contributed by atoms with Crippen LogP contribution in [0.5, 0.6) is 0 Å². The molecular weight excluding hydrogens is 342 g/mol. The van der Waals surface area contributed by atoms with Gasteiger partial charge in [-0.25, -0.2) is 8.42 Å². The number of hydrogen-bond acceptors (Lipinski definition) is 4. The third kappa shape index (κ3) is 3.20. The lowest BCUT2D eigenvalue weighted by molar-refractivity contribution is 0.169. The maximum absolute atomic E-state index is 12.5. The smallest absolute Gasteiger partial charge is 0.243 e. The van der Waals surface area contributed by atoms with Gasteiger partial charge in [0.25, 0.3) is 0 Å². The average Bonchev–Trinajstić information content (AvgIpc) is 2.47. The van der Waals surface area contributed by atoms with Crippen LogP contribution in [-0.4, -0.2) is 49.8 Å². The molecule has 1 aliphatic heterocycles. The van der Waals surface area contributed by atoms with Crippen LogP contribution in [0.15, 0.2) is 33.6 Å². The molecule has 1 heterocycles. The van der Waals surface area contributed by atoms with Gasteiger partial charge in [-0.1, -0.05) is 15.9 Å². The summed E-state index contributed by atoms with van der Waals surface area (Å²) in [6, 6.07) is 8.65. The van der Waals surface area contributed by atoms with E-state index in [4.69, 9.17) is 5.26 Å². The summed E-state index contributed by atoms with van der Waals surface area (Å²) in [5.41, 5.74) is 0. The molecule has 0 aliphatic carbocycles. The number of nitriles is 1. The van der Waals surface area contributed by atoms with Crippen molar-refractivity contribution in [2.75, 3.05) is 26.2 Å². The normalized spacial score (nSPS) is 19.4. The summed E-state index contributed by atoms with van der Waals surface area (Å²) >= 11 is 3.29. The number of hydrogen-bond donors (Lipinski definition) is 0. The van der Waals surface area contributed by atoms with Crippen molar-refractivity contribution in [1.29, 1.82) is 5.26 Å². The van der Waals surface area contributed by atoms with E-state index in [0.29, 0.717) is 31.1 Å². The van der Waals surface area contributed by atoms with E-state index in [0.717, 1.165) is 4.47 Å². The summed E-state index contributed by atoms with van der Waals surface area (Å²) in [6.07, 6.45) is 0. The number of piperazine rings is 1. The molecule has 0 aromatic heterocycles. The molecule has 1 saturated heterocycles. The van der Waals surface area contributed by atoms with E-state index in [1.54, 1.807) is 24.3 Å². The Labute approximate surface area is 128 Å². The highest BCUT2D eigenvalue weighted by Gasteiger charge is 2.29. The second kappa shape index (κ2) is 6.22. The molecule has 0 N–H and O–H groups in total. The van der Waals surface area contributed by atoms with Crippen molar-refractivity contribution in [3.05, 3.63) is 28.7 Å². The number of benzene rings is 1. The predicted molar refractivity (Wildman–Crippen MR) is 79.5 cm³/mol. The maximum atomic E-state index is 12.5. The first-order valence-electron chi connectivity index (χ1n) is 6.34. The minimum Gasteiger partial charge on any atom is -0.286 e. The van der Waals surface area contributed by atoms with E-state index in [1.165, 1.54) is 4.31 Å². The van der Waals surface area contributed by atoms with E-state index in [2.05, 4.69) is 22.0 Å². The van der Waals surface area contributed by atoms with Crippen molar-refractivity contribution >= 4 is 26.0 Å². The summed E-state index contributed by atoms with van der Waals surface area (Å²) < 4.78 is 27.3. The molecule has 20 heavy (non-hydrogen) atoms. The minimum absolute atomic E-state index is 0.174. The molecule has 0 spiro atoms. The maximum Gasteiger partial charge on any atom is 0.243 e. The minimum atomic E-state index is -3.43. The fourth-order valence-corrected chi connectivity index (χ4v) is 3.86. The van der Waals surface area contributed by atoms with Gasteiger partial charge in [0, 0.05) is 30.7 Å². The first-order valence-corrected chi connectivity index (χ1v) is 8.58. The standard InChI is InChI=1S/C13H16BrN3O2S/c1-11(10-15)16-6-8-17(9-7-16)20(18,19)13-4-2-12(14)3-5-13/h2-5,11H,6-9H2,1H3/t11-/m0/s1. The number of halogens is 1. The van der Waals surface area contributed by atoms with E-state index in [-0.39, 0.29) is 6.04 Å². The lowest BCUT2D eigenvalue weighted by Crippen LogP contribution is -2.50. The zero-order valence-corrected chi connectivity index (χ0v) is 13.6. The van der Waals surface area contributed by atoms with Crippen LogP contribution in [0.25, 0.3) is 0 Å². The predicted octanol–water partition coefficient (Wildman–Crippen LogP) is 1.67. The Kier molecular flexibility index (Phi) is 4.81. The Morgan fingerprint density at radius 1 is 1.20 bits per heavy atom. The first kappa shape index (κ1) is 15.4. The molecule has 0 saturated carbocycles. The third-order valence-electron chi connectivity index (χ3n) is 3.46. The van der Waals surface area contributed by atoms with Gasteiger partial charge in [-0.2, -0.15) is 9.57 Å². The highest BCUT2D eigenvalue weighted by atomic mass is 79.9. The van der Waals surface area contributed by atoms with E-state index in [9.17, 15) is 8.42 Å². The average molecular weight is 358 g/mol. The van der Waals surface area contributed by atoms with Gasteiger partial charge < -0.3 is 0 Å². The molecule has 0 bridgehead atoms. The molecule has 1 aromatic rings. The molecule has 0 unspecified atom stereocenters. The van der Waals surface area contributed by atoms with Crippen LogP contribution in [0.4, 0.5) is 0 Å². The fraction of sp³-hybridized carbons (Fsp3) is 0.462. The van der Waals surface area contributed by atoms with Crippen LogP contribution >= 0.6 is 15.9 Å². The lowest BCUT2D eigenvalue weighted by atomic mass is 10.2. The molecule has 1 fully saturated rings. The summed E-state index contributed by atoms with van der Waals surface area (Å²) in [6.45, 7) is 3.85. The number of rotatable bonds is 3. The summed E-state index contributed by atoms with van der Waals surface area (Å²) in [4.78, 5) is 2.30. The van der Waals surface area contributed by atoms with Crippen LogP contribution in [0.1, 0.15) is 6.92 Å². The van der Waals surface area contributed by atoms with Gasteiger partial charge in [0.15, 0.2) is 0 Å². The van der Waals surface area contributed by atoms with E-state index < -0.39 is 10.0 Å². The number of sulfonamides is 1. The molecule has 0 radical (unpaired) electrons. The van der Waals surface area contributed by atoms with Crippen molar-refractivity contribution in [3.8, 4) is 6.07 Å². The van der Waals surface area contributed by atoms with Crippen molar-refractivity contribution in [3.63, 3.8) is 0 Å². The topological polar surface area (TPSA) is 64.4 Å². The third-order valence-corrected chi connectivity index (χ3v) is 5.90. The van der Waals surface area contributed by atoms with Crippen LogP contribution in [0.3, 0.4) is 0 Å². The zero-order valence-electron chi connectivity index (χ0n) is 11.2. The van der Waals surface area contributed by atoms with Gasteiger partial charge in [-0.3, -0.25) is 4.90 Å². The second-order valence-corrected chi connectivity index (χ2v) is 7.55. The highest BCUT2D eigenvalue weighted by molar-refractivity contribution is 9.10. The summed E-state index contributed by atoms with van der Waals surface area (Å²) in [7, 11) is -3.43. The molecule has 1 aliphatic rings. The monoisotopic (exact) mass is 357 g/mol. The highest BCUT2D eigenvalue weighted by Crippen LogP contribution is 2.20. The van der Waals surface area contributed by atoms with Gasteiger partial charge in [-0.05, 0) is 31.2 Å². The quantitative estimate of drug-likeness (QED) is 0.825. The summed E-state index contributed by atoms with van der Waals surface area (Å²) in [5.74, 6) is 0. The molecule has 2 rings (SSSR count). The van der Waals surface area contributed by atoms with Crippen molar-refractivity contribution < 1.29 is 8.42 Å². The van der Waals surface area contributed by atoms with Crippen LogP contribution in [0.2, 0.25) is 0 Å². The first-order chi connectivity index (χ1) is 9.45. The molecule has 1 atom stereocenters. The van der Waals surface area contributed by atoms with Crippen molar-refractivity contribution in [2.45, 2.75) is 17.9 Å². The zero-order chi connectivity index (χ0) is 14.8. The Balaban J connectivity index is 2.10. The number of nitrogens with zero attached hydrogens (tertiary/aromatic N) is 3. The van der Waals surface area contributed by atoms with Gasteiger partial charge >= 0.3 is 0 Å². The van der Waals surface area contributed by atoms with Crippen LogP contribution in [-0.2, 0) is 10.0 Å². The Bertz CT molecular complexity index is 601. The van der Waals surface area contributed by atoms with Gasteiger partial charge in [-0.15, -0.1) is 0 Å². The second-order valence-electron chi connectivity index (χ2n) is 4.70. The van der Waals surface area contributed by atoms with Crippen molar-refractivity contribution in [1.82, 2.24) is 9.21 Å². The molecule has 5 nitrogen and oxygen atoms in total. The molecule has 0 amide bonds. The largest absolute Gasteiger partial charge is 0.286 e. The Morgan fingerprint density at radius 2 is 1.75 bits per heavy atom. The van der Waals surface area contributed by atoms with Crippen LogP contribution < -0.4 is 0 Å². The van der Waals surface area contributed by atoms with Gasteiger partial charge in [0.1, 0.15) is 0 Å². The fourth-order valence-electron chi connectivity index (χ4n) is 2.17. The summed E-state index contributed by atoms with van der Waals surface area (Å²) in [5, 5.41) is 8.89. The Hall–Kier alpha value is -0.940. The molecule has 1 aromatic carbocycles. The lowest BCUT2D eigenvalue weighted by Gasteiger charge is -2.35. The molecular formula is C13H16BrN3O2S. The molecule has 7 heteroatoms. The van der Waals surface area contributed by atoms with E-state index >= 15 is 0 Å². The Morgan fingerprint density at radius 3 is 2.25 bits per heavy atom. The van der Waals surface area contributed by atoms with Crippen molar-refractivity contribution in [2.24, 2.45) is 0 Å². The van der Waals surface area contributed by atoms with Gasteiger partial charge in [0.05, 0.1) is 17.0 Å². The van der Waals surface area contributed by atoms with E-state index in [1.807, 2.05) is 11.8 Å². The SMILES string of the molecule is C[C@@H](C#N)N1CCN(S(=O)(=O)c2ccc(Br)cc2)CC1. The van der Waals surface area contributed by atoms with Crippen LogP contribution in [0, 0.1) is 11.3 Å². The molecule has 108 valence electrons.